The van der Waals surface area contributed by atoms with Crippen molar-refractivity contribution in [2.75, 3.05) is 0 Å². The molecule has 0 aromatic heterocycles. The maximum atomic E-state index is 12.9. The molecular weight excluding hydrogens is 283 g/mol. The van der Waals surface area contributed by atoms with E-state index in [1.807, 2.05) is 0 Å². The number of hydrogen-bond acceptors (Lipinski definition) is 3. The van der Waals surface area contributed by atoms with Crippen LogP contribution in [0.15, 0.2) is 0 Å². The van der Waals surface area contributed by atoms with Gasteiger partial charge >= 0.3 is 12.1 Å². The number of nitrogens with two attached hydrogens (primary N) is 1. The molecule has 0 aromatic rings. The molecule has 0 aromatic carbocycles. The summed E-state index contributed by atoms with van der Waals surface area (Å²) in [5.74, 6) is -2.02. The Kier molecular flexibility index (Phi) is 6.08. The monoisotopic (exact) mass is 309 g/mol. The second-order valence-electron chi connectivity index (χ2n) is 6.95. The maximum absolute atomic E-state index is 12.9. The molecule has 0 saturated heterocycles. The number of carbonyl (C=O) groups excluding carboxylic acids is 1. The number of esters is 1. The summed E-state index contributed by atoms with van der Waals surface area (Å²) < 4.78 is 43.9. The Morgan fingerprint density at radius 2 is 1.71 bits per heavy atom. The van der Waals surface area contributed by atoms with E-state index in [0.717, 1.165) is 32.1 Å². The zero-order valence-corrected chi connectivity index (χ0v) is 13.0. The molecule has 1 aliphatic carbocycles. The average molecular weight is 309 g/mol. The molecular formula is C15H26F3NO2. The number of hydrogen-bond donors (Lipinski definition) is 1. The summed E-state index contributed by atoms with van der Waals surface area (Å²) in [6, 6.07) is -2.16. The lowest BCUT2D eigenvalue weighted by atomic mass is 9.80. The Morgan fingerprint density at radius 3 is 2.14 bits per heavy atom. The third-order valence-electron chi connectivity index (χ3n) is 3.83. The number of alkyl halides is 3. The van der Waals surface area contributed by atoms with Crippen LogP contribution >= 0.6 is 0 Å². The fourth-order valence-electron chi connectivity index (χ4n) is 2.78. The first-order valence-corrected chi connectivity index (χ1v) is 7.56. The summed E-state index contributed by atoms with van der Waals surface area (Å²) in [5, 5.41) is 0. The molecule has 0 aliphatic heterocycles. The van der Waals surface area contributed by atoms with Crippen LogP contribution in [-0.2, 0) is 9.53 Å². The third kappa shape index (κ3) is 6.24. The molecule has 0 bridgehead atoms. The van der Waals surface area contributed by atoms with Crippen molar-refractivity contribution in [3.8, 4) is 0 Å². The van der Waals surface area contributed by atoms with Crippen LogP contribution in [0.5, 0.6) is 0 Å². The summed E-state index contributed by atoms with van der Waals surface area (Å²) in [5.41, 5.74) is 4.49. The summed E-state index contributed by atoms with van der Waals surface area (Å²) >= 11 is 0. The number of rotatable bonds is 4. The Balaban J connectivity index is 2.80. The van der Waals surface area contributed by atoms with Crippen molar-refractivity contribution in [2.24, 2.45) is 17.6 Å². The molecule has 6 heteroatoms. The van der Waals surface area contributed by atoms with Crippen molar-refractivity contribution in [1.82, 2.24) is 0 Å². The van der Waals surface area contributed by atoms with Gasteiger partial charge in [0, 0.05) is 0 Å². The van der Waals surface area contributed by atoms with Gasteiger partial charge in [0.2, 0.25) is 0 Å². The van der Waals surface area contributed by atoms with E-state index in [9.17, 15) is 18.0 Å². The summed E-state index contributed by atoms with van der Waals surface area (Å²) in [6.45, 7) is 4.92. The van der Waals surface area contributed by atoms with Gasteiger partial charge in [-0.1, -0.05) is 32.1 Å². The molecule has 0 spiro atoms. The molecule has 3 nitrogen and oxygen atoms in total. The fraction of sp³-hybridized carbons (Fsp3) is 0.933. The highest BCUT2D eigenvalue weighted by molar-refractivity contribution is 5.74. The van der Waals surface area contributed by atoms with Crippen molar-refractivity contribution < 1.29 is 22.7 Å². The second-order valence-corrected chi connectivity index (χ2v) is 6.95. The molecule has 21 heavy (non-hydrogen) atoms. The minimum absolute atomic E-state index is 0.129. The zero-order valence-electron chi connectivity index (χ0n) is 13.0. The summed E-state index contributed by atoms with van der Waals surface area (Å²) in [6.07, 6.45) is 0.429. The minimum Gasteiger partial charge on any atom is -0.460 e. The zero-order chi connectivity index (χ0) is 16.3. The Bertz CT molecular complexity index is 344. The lowest BCUT2D eigenvalue weighted by molar-refractivity contribution is -0.184. The first-order valence-electron chi connectivity index (χ1n) is 7.56. The van der Waals surface area contributed by atoms with Gasteiger partial charge in [0.05, 0.1) is 5.92 Å². The van der Waals surface area contributed by atoms with Crippen LogP contribution in [0.3, 0.4) is 0 Å². The van der Waals surface area contributed by atoms with Crippen LogP contribution < -0.4 is 5.73 Å². The molecule has 2 N–H and O–H groups in total. The molecule has 2 atom stereocenters. The fourth-order valence-corrected chi connectivity index (χ4v) is 2.78. The molecule has 0 heterocycles. The van der Waals surface area contributed by atoms with E-state index in [4.69, 9.17) is 10.5 Å². The maximum Gasteiger partial charge on any atom is 0.404 e. The Labute approximate surface area is 124 Å². The quantitative estimate of drug-likeness (QED) is 0.804. The van der Waals surface area contributed by atoms with E-state index in [1.54, 1.807) is 20.8 Å². The van der Waals surface area contributed by atoms with Crippen molar-refractivity contribution >= 4 is 5.97 Å². The van der Waals surface area contributed by atoms with Gasteiger partial charge in [-0.15, -0.1) is 0 Å². The van der Waals surface area contributed by atoms with E-state index in [-0.39, 0.29) is 12.3 Å². The van der Waals surface area contributed by atoms with Crippen LogP contribution in [0.4, 0.5) is 13.2 Å². The predicted molar refractivity (Wildman–Crippen MR) is 74.6 cm³/mol. The van der Waals surface area contributed by atoms with Crippen molar-refractivity contribution in [1.29, 1.82) is 0 Å². The second kappa shape index (κ2) is 6.99. The van der Waals surface area contributed by atoms with Gasteiger partial charge in [0.25, 0.3) is 0 Å². The average Bonchev–Trinajstić information content (AvgIpc) is 2.33. The van der Waals surface area contributed by atoms with Crippen LogP contribution in [0.2, 0.25) is 0 Å². The number of halogens is 3. The molecule has 1 saturated carbocycles. The van der Waals surface area contributed by atoms with E-state index in [2.05, 4.69) is 0 Å². The first kappa shape index (κ1) is 18.3. The lowest BCUT2D eigenvalue weighted by Crippen LogP contribution is -2.49. The van der Waals surface area contributed by atoms with E-state index in [1.165, 1.54) is 0 Å². The normalized spacial score (nSPS) is 20.9. The number of carbonyl (C=O) groups is 1. The summed E-state index contributed by atoms with van der Waals surface area (Å²) in [7, 11) is 0. The molecule has 1 fully saturated rings. The highest BCUT2D eigenvalue weighted by Crippen LogP contribution is 2.34. The lowest BCUT2D eigenvalue weighted by Gasteiger charge is -2.31. The van der Waals surface area contributed by atoms with Crippen molar-refractivity contribution in [3.05, 3.63) is 0 Å². The first-order chi connectivity index (χ1) is 9.50. The molecule has 0 unspecified atom stereocenters. The summed E-state index contributed by atoms with van der Waals surface area (Å²) in [4.78, 5) is 12.1. The Morgan fingerprint density at radius 1 is 1.19 bits per heavy atom. The van der Waals surface area contributed by atoms with Gasteiger partial charge in [0.15, 0.2) is 0 Å². The van der Waals surface area contributed by atoms with E-state index >= 15 is 0 Å². The SMILES string of the molecule is CC(C)(C)OC(=O)[C@H](CC1CCCCC1)[C@@H](N)C(F)(F)F. The Hall–Kier alpha value is -0.780. The largest absolute Gasteiger partial charge is 0.460 e. The van der Waals surface area contributed by atoms with Gasteiger partial charge in [-0.2, -0.15) is 13.2 Å². The van der Waals surface area contributed by atoms with Crippen LogP contribution in [0.25, 0.3) is 0 Å². The van der Waals surface area contributed by atoms with Gasteiger partial charge in [0.1, 0.15) is 11.6 Å². The molecule has 0 amide bonds. The third-order valence-corrected chi connectivity index (χ3v) is 3.83. The van der Waals surface area contributed by atoms with Crippen molar-refractivity contribution in [3.63, 3.8) is 0 Å². The highest BCUT2D eigenvalue weighted by Gasteiger charge is 2.46. The molecule has 0 radical (unpaired) electrons. The topological polar surface area (TPSA) is 52.3 Å². The van der Waals surface area contributed by atoms with Crippen LogP contribution in [0, 0.1) is 11.8 Å². The van der Waals surface area contributed by atoms with Crippen LogP contribution in [-0.4, -0.2) is 23.8 Å². The molecule has 1 rings (SSSR count). The van der Waals surface area contributed by atoms with Crippen molar-refractivity contribution in [2.45, 2.75) is 77.1 Å². The minimum atomic E-state index is -4.59. The standard InChI is InChI=1S/C15H26F3NO2/c1-14(2,3)21-13(20)11(12(19)15(16,17)18)9-10-7-5-4-6-8-10/h10-12H,4-9,19H2,1-3H3/t11-,12-/m1/s1. The highest BCUT2D eigenvalue weighted by atomic mass is 19.4. The van der Waals surface area contributed by atoms with Gasteiger partial charge < -0.3 is 10.5 Å². The van der Waals surface area contributed by atoms with Crippen LogP contribution in [0.1, 0.15) is 59.3 Å². The van der Waals surface area contributed by atoms with Gasteiger partial charge in [-0.3, -0.25) is 4.79 Å². The van der Waals surface area contributed by atoms with E-state index in [0.29, 0.717) is 0 Å². The smallest absolute Gasteiger partial charge is 0.404 e. The molecule has 124 valence electrons. The molecule has 1 aliphatic rings. The van der Waals surface area contributed by atoms with Gasteiger partial charge in [-0.25, -0.2) is 0 Å². The van der Waals surface area contributed by atoms with E-state index < -0.39 is 29.7 Å². The number of ether oxygens (including phenoxy) is 1. The van der Waals surface area contributed by atoms with Gasteiger partial charge in [-0.05, 0) is 33.1 Å². The predicted octanol–water partition coefficient (Wildman–Crippen LogP) is 3.80.